The van der Waals surface area contributed by atoms with Gasteiger partial charge in [0.1, 0.15) is 17.4 Å². The highest BCUT2D eigenvalue weighted by Gasteiger charge is 2.21. The van der Waals surface area contributed by atoms with Crippen LogP contribution in [-0.2, 0) is 13.0 Å². The Morgan fingerprint density at radius 2 is 2.33 bits per heavy atom. The van der Waals surface area contributed by atoms with Gasteiger partial charge in [0.15, 0.2) is 5.96 Å². The smallest absolute Gasteiger partial charge is 0.193 e. The van der Waals surface area contributed by atoms with Crippen molar-refractivity contribution < 1.29 is 4.74 Å². The number of aromatic nitrogens is 3. The Bertz CT molecular complexity index is 757. The van der Waals surface area contributed by atoms with Crippen molar-refractivity contribution in [1.82, 2.24) is 14.8 Å². The number of fused-ring (bicyclic) bond motifs is 1. The SMILES string of the molecule is COc1ccc(NC(N)=NCC2CCc3nnc(C)n3C2)cc1Cl. The summed E-state index contributed by atoms with van der Waals surface area (Å²) < 4.78 is 7.29. The molecule has 3 N–H and O–H groups in total. The molecule has 0 fully saturated rings. The van der Waals surface area contributed by atoms with Crippen LogP contribution >= 0.6 is 11.6 Å². The third kappa shape index (κ3) is 3.62. The summed E-state index contributed by atoms with van der Waals surface area (Å²) in [6.45, 7) is 3.53. The molecule has 128 valence electrons. The second-order valence-corrected chi connectivity index (χ2v) is 6.29. The van der Waals surface area contributed by atoms with Crippen molar-refractivity contribution in [3.05, 3.63) is 34.9 Å². The Kier molecular flexibility index (Phi) is 4.89. The van der Waals surface area contributed by atoms with Crippen LogP contribution in [0.25, 0.3) is 0 Å². The average Bonchev–Trinajstić information content (AvgIpc) is 2.94. The number of hydrogen-bond acceptors (Lipinski definition) is 4. The van der Waals surface area contributed by atoms with Crippen LogP contribution in [0.2, 0.25) is 5.02 Å². The first-order valence-corrected chi connectivity index (χ1v) is 8.23. The van der Waals surface area contributed by atoms with Crippen LogP contribution in [0.1, 0.15) is 18.1 Å². The lowest BCUT2D eigenvalue weighted by Gasteiger charge is -2.22. The molecule has 0 bridgehead atoms. The van der Waals surface area contributed by atoms with E-state index in [4.69, 9.17) is 22.1 Å². The van der Waals surface area contributed by atoms with Gasteiger partial charge >= 0.3 is 0 Å². The van der Waals surface area contributed by atoms with Gasteiger partial charge in [0.25, 0.3) is 0 Å². The van der Waals surface area contributed by atoms with Crippen LogP contribution in [0.15, 0.2) is 23.2 Å². The number of ether oxygens (including phenoxy) is 1. The van der Waals surface area contributed by atoms with E-state index >= 15 is 0 Å². The van der Waals surface area contributed by atoms with E-state index in [1.54, 1.807) is 19.2 Å². The highest BCUT2D eigenvalue weighted by Crippen LogP contribution is 2.27. The predicted molar refractivity (Wildman–Crippen MR) is 94.7 cm³/mol. The van der Waals surface area contributed by atoms with Gasteiger partial charge in [-0.15, -0.1) is 10.2 Å². The van der Waals surface area contributed by atoms with Gasteiger partial charge in [-0.25, -0.2) is 0 Å². The van der Waals surface area contributed by atoms with Crippen molar-refractivity contribution in [3.63, 3.8) is 0 Å². The summed E-state index contributed by atoms with van der Waals surface area (Å²) in [4.78, 5) is 4.46. The molecule has 2 heterocycles. The highest BCUT2D eigenvalue weighted by atomic mass is 35.5. The first-order chi connectivity index (χ1) is 11.6. The van der Waals surface area contributed by atoms with Gasteiger partial charge in [-0.05, 0) is 37.5 Å². The van der Waals surface area contributed by atoms with Gasteiger partial charge in [0, 0.05) is 25.2 Å². The molecule has 2 aromatic rings. The number of nitrogens with zero attached hydrogens (tertiary/aromatic N) is 4. The standard InChI is InChI=1S/C16H21ClN6O/c1-10-21-22-15-6-3-11(9-23(10)15)8-19-16(18)20-12-4-5-14(24-2)13(17)7-12/h4-5,7,11H,3,6,8-9H2,1-2H3,(H3,18,19,20). The highest BCUT2D eigenvalue weighted by molar-refractivity contribution is 6.32. The number of aryl methyl sites for hydroxylation is 2. The van der Waals surface area contributed by atoms with Gasteiger partial charge in [-0.2, -0.15) is 0 Å². The van der Waals surface area contributed by atoms with Crippen molar-refractivity contribution in [3.8, 4) is 5.75 Å². The molecule has 1 aliphatic heterocycles. The van der Waals surface area contributed by atoms with Crippen LogP contribution in [0.3, 0.4) is 0 Å². The molecule has 0 spiro atoms. The lowest BCUT2D eigenvalue weighted by molar-refractivity contribution is 0.370. The molecule has 1 aromatic heterocycles. The van der Waals surface area contributed by atoms with Gasteiger partial charge in [0.2, 0.25) is 0 Å². The fourth-order valence-electron chi connectivity index (χ4n) is 2.84. The number of halogens is 1. The fourth-order valence-corrected chi connectivity index (χ4v) is 3.10. The van der Waals surface area contributed by atoms with E-state index in [0.717, 1.165) is 36.7 Å². The number of nitrogens with two attached hydrogens (primary N) is 1. The van der Waals surface area contributed by atoms with E-state index in [1.807, 2.05) is 13.0 Å². The maximum atomic E-state index is 6.10. The summed E-state index contributed by atoms with van der Waals surface area (Å²) in [5.41, 5.74) is 6.76. The Hall–Kier alpha value is -2.28. The Morgan fingerprint density at radius 3 is 3.08 bits per heavy atom. The van der Waals surface area contributed by atoms with E-state index in [0.29, 0.717) is 29.2 Å². The molecule has 0 aliphatic carbocycles. The molecular weight excluding hydrogens is 328 g/mol. The second kappa shape index (κ2) is 7.09. The Morgan fingerprint density at radius 1 is 1.50 bits per heavy atom. The third-order valence-corrected chi connectivity index (χ3v) is 4.47. The Balaban J connectivity index is 1.59. The minimum absolute atomic E-state index is 0.377. The lowest BCUT2D eigenvalue weighted by atomic mass is 9.99. The van der Waals surface area contributed by atoms with Crippen LogP contribution in [-0.4, -0.2) is 34.4 Å². The zero-order valence-electron chi connectivity index (χ0n) is 13.8. The average molecular weight is 349 g/mol. The number of benzene rings is 1. The minimum atomic E-state index is 0.377. The van der Waals surface area contributed by atoms with Gasteiger partial charge in [-0.1, -0.05) is 11.6 Å². The van der Waals surface area contributed by atoms with Crippen molar-refractivity contribution in [2.24, 2.45) is 16.6 Å². The normalized spacial score (nSPS) is 17.5. The number of rotatable bonds is 4. The number of methoxy groups -OCH3 is 1. The van der Waals surface area contributed by atoms with E-state index < -0.39 is 0 Å². The first-order valence-electron chi connectivity index (χ1n) is 7.86. The van der Waals surface area contributed by atoms with Crippen molar-refractivity contribution in [2.75, 3.05) is 19.0 Å². The molecule has 8 heteroatoms. The number of anilines is 1. The zero-order valence-corrected chi connectivity index (χ0v) is 14.5. The minimum Gasteiger partial charge on any atom is -0.495 e. The number of hydrogen-bond donors (Lipinski definition) is 2. The summed E-state index contributed by atoms with van der Waals surface area (Å²) >= 11 is 6.10. The molecule has 0 saturated heterocycles. The third-order valence-electron chi connectivity index (χ3n) is 4.17. The van der Waals surface area contributed by atoms with E-state index in [2.05, 4.69) is 25.1 Å². The summed E-state index contributed by atoms with van der Waals surface area (Å²) in [7, 11) is 1.58. The molecule has 1 aromatic carbocycles. The Labute approximate surface area is 145 Å². The van der Waals surface area contributed by atoms with Crippen molar-refractivity contribution >= 4 is 23.2 Å². The monoisotopic (exact) mass is 348 g/mol. The molecular formula is C16H21ClN6O. The predicted octanol–water partition coefficient (Wildman–Crippen LogP) is 2.24. The summed E-state index contributed by atoms with van der Waals surface area (Å²) in [6, 6.07) is 5.39. The van der Waals surface area contributed by atoms with E-state index in [9.17, 15) is 0 Å². The number of nitrogens with one attached hydrogen (secondary N) is 1. The quantitative estimate of drug-likeness (QED) is 0.653. The van der Waals surface area contributed by atoms with E-state index in [1.165, 1.54) is 0 Å². The molecule has 24 heavy (non-hydrogen) atoms. The van der Waals surface area contributed by atoms with Gasteiger partial charge < -0.3 is 20.4 Å². The molecule has 0 saturated carbocycles. The summed E-state index contributed by atoms with van der Waals surface area (Å²) in [5.74, 6) is 3.46. The van der Waals surface area contributed by atoms with Crippen LogP contribution in [0.5, 0.6) is 5.75 Å². The molecule has 3 rings (SSSR count). The van der Waals surface area contributed by atoms with Gasteiger partial charge in [-0.3, -0.25) is 4.99 Å². The fraction of sp³-hybridized carbons (Fsp3) is 0.438. The second-order valence-electron chi connectivity index (χ2n) is 5.88. The van der Waals surface area contributed by atoms with Crippen LogP contribution < -0.4 is 15.8 Å². The molecule has 0 radical (unpaired) electrons. The van der Waals surface area contributed by atoms with E-state index in [-0.39, 0.29) is 0 Å². The lowest BCUT2D eigenvalue weighted by Crippen LogP contribution is -2.27. The largest absolute Gasteiger partial charge is 0.495 e. The number of guanidine groups is 1. The molecule has 1 aliphatic rings. The first kappa shape index (κ1) is 16.6. The summed E-state index contributed by atoms with van der Waals surface area (Å²) in [5, 5.41) is 11.9. The maximum absolute atomic E-state index is 6.10. The summed E-state index contributed by atoms with van der Waals surface area (Å²) in [6.07, 6.45) is 1.98. The number of aliphatic imine (C=N–C) groups is 1. The van der Waals surface area contributed by atoms with Crippen molar-refractivity contribution in [2.45, 2.75) is 26.3 Å². The zero-order chi connectivity index (χ0) is 17.1. The van der Waals surface area contributed by atoms with Crippen molar-refractivity contribution in [1.29, 1.82) is 0 Å². The molecule has 1 unspecified atom stereocenters. The molecule has 7 nitrogen and oxygen atoms in total. The van der Waals surface area contributed by atoms with Crippen LogP contribution in [0.4, 0.5) is 5.69 Å². The van der Waals surface area contributed by atoms with Crippen LogP contribution in [0, 0.1) is 12.8 Å². The molecule has 0 amide bonds. The maximum Gasteiger partial charge on any atom is 0.193 e. The van der Waals surface area contributed by atoms with Gasteiger partial charge in [0.05, 0.1) is 12.1 Å². The molecule has 1 atom stereocenters. The topological polar surface area (TPSA) is 90.3 Å².